The van der Waals surface area contributed by atoms with E-state index < -0.39 is 0 Å². The van der Waals surface area contributed by atoms with Crippen LogP contribution in [0.1, 0.15) is 0 Å². The van der Waals surface area contributed by atoms with Crippen LogP contribution in [0.15, 0.2) is 0 Å². The molecule has 12 radical (unpaired) electrons. The van der Waals surface area contributed by atoms with E-state index in [0.717, 1.165) is 0 Å². The van der Waals surface area contributed by atoms with E-state index in [0.29, 0.717) is 0 Å². The molecule has 0 saturated carbocycles. The van der Waals surface area contributed by atoms with Gasteiger partial charge in [0.1, 0.15) is 0 Å². The van der Waals surface area contributed by atoms with Crippen molar-refractivity contribution in [3.63, 3.8) is 0 Å². The summed E-state index contributed by atoms with van der Waals surface area (Å²) in [5, 5.41) is 0. The second-order valence-electron chi connectivity index (χ2n) is 0. The first kappa shape index (κ1) is 62.2. The van der Waals surface area contributed by atoms with E-state index in [9.17, 15) is 0 Å². The molecule has 0 heterocycles. The zero-order chi connectivity index (χ0) is 12.0. The Morgan fingerprint density at radius 1 is 0.308 bits per heavy atom. The van der Waals surface area contributed by atoms with E-state index in [1.54, 1.807) is 0 Å². The number of hydrogen-bond acceptors (Lipinski definition) is 6. The molecule has 0 N–H and O–H groups in total. The van der Waals surface area contributed by atoms with E-state index >= 15 is 0 Å². The average molecular weight is 224 g/mol. The topological polar surface area (TPSA) is 102 Å². The molecule has 0 amide bonds. The molecule has 0 saturated heterocycles. The zero-order valence-corrected chi connectivity index (χ0v) is 6.91. The predicted octanol–water partition coefficient (Wildman–Crippen LogP) is -2.39. The summed E-state index contributed by atoms with van der Waals surface area (Å²) in [6, 6.07) is 0. The van der Waals surface area contributed by atoms with Gasteiger partial charge in [0.25, 0.3) is 40.7 Å². The normalized spacial score (nSPS) is 1.85. The Morgan fingerprint density at radius 2 is 0.308 bits per heavy atom. The fourth-order valence-electron chi connectivity index (χ4n) is 0. The van der Waals surface area contributed by atoms with Crippen molar-refractivity contribution in [2.45, 2.75) is 0 Å². The summed E-state index contributed by atoms with van der Waals surface area (Å²) in [4.78, 5) is 45.0. The van der Waals surface area contributed by atoms with Crippen molar-refractivity contribution in [2.75, 3.05) is 0 Å². The van der Waals surface area contributed by atoms with Gasteiger partial charge in [-0.15, -0.1) is 0 Å². The minimum atomic E-state index is 0. The maximum atomic E-state index is 7.50. The predicted molar refractivity (Wildman–Crippen MR) is 34.2 cm³/mol. The van der Waals surface area contributed by atoms with Gasteiger partial charge >= 0.3 is 0 Å². The third kappa shape index (κ3) is 360. The molecule has 0 aromatic carbocycles. The van der Waals surface area contributed by atoms with Crippen LogP contribution in [-0.4, -0.2) is 40.7 Å². The van der Waals surface area contributed by atoms with Crippen LogP contribution in [0.25, 0.3) is 0 Å². The molecule has 13 heavy (non-hydrogen) atoms. The van der Waals surface area contributed by atoms with Crippen LogP contribution in [0, 0.1) is 0 Å². The minimum Gasteiger partial charge on any atom is -0.281 e. The molecule has 0 fully saturated rings. The first-order valence-electron chi connectivity index (χ1n) is 1.22. The summed E-state index contributed by atoms with van der Waals surface area (Å²) in [5.41, 5.74) is 0. The van der Waals surface area contributed by atoms with Crippen molar-refractivity contribution in [2.24, 2.45) is 0 Å². The molecule has 0 aromatic rings. The number of hydrogen-bond donors (Lipinski definition) is 0. The monoisotopic (exact) mass is 224 g/mol. The van der Waals surface area contributed by atoms with Crippen LogP contribution in [0.2, 0.25) is 0 Å². The fraction of sp³-hybridized carbons (Fsp3) is 0. The Morgan fingerprint density at radius 3 is 0.308 bits per heavy atom. The Balaban J connectivity index is -0.00000000655. The molecule has 0 rings (SSSR count). The smallest absolute Gasteiger partial charge is 0.281 e. The molecular formula is C6FeO6. The number of rotatable bonds is 0. The summed E-state index contributed by atoms with van der Waals surface area (Å²) in [5.74, 6) is 0. The summed E-state index contributed by atoms with van der Waals surface area (Å²) < 4.78 is 0. The van der Waals surface area contributed by atoms with Crippen molar-refractivity contribution in [3.05, 3.63) is 0 Å². The molecule has 68 valence electrons. The summed E-state index contributed by atoms with van der Waals surface area (Å²) in [6.07, 6.45) is 0. The number of carbonyl (C=O) groups excluding carboxylic acids is 6. The van der Waals surface area contributed by atoms with Gasteiger partial charge in [-0.3, -0.25) is 28.8 Å². The Kier molecular flexibility index (Phi) is 2150. The molecule has 0 bridgehead atoms. The average Bonchev–Trinajstić information content (AvgIpc) is 2.33. The maximum absolute atomic E-state index is 7.50. The van der Waals surface area contributed by atoms with Gasteiger partial charge in [0.2, 0.25) is 0 Å². The van der Waals surface area contributed by atoms with Crippen LogP contribution in [0.3, 0.4) is 0 Å². The standard InChI is InChI=1S/6CO.Fe/c6*1-2;. The van der Waals surface area contributed by atoms with Gasteiger partial charge in [0.15, 0.2) is 0 Å². The maximum Gasteiger partial charge on any atom is 0.281 e. The first-order valence-corrected chi connectivity index (χ1v) is 1.22. The Labute approximate surface area is 87.2 Å². The molecule has 0 aliphatic carbocycles. The summed E-state index contributed by atoms with van der Waals surface area (Å²) >= 11 is 0. The summed E-state index contributed by atoms with van der Waals surface area (Å²) in [6.45, 7) is 27.0. The second kappa shape index (κ2) is 450. The van der Waals surface area contributed by atoms with Gasteiger partial charge in [-0.2, -0.15) is 0 Å². The van der Waals surface area contributed by atoms with Gasteiger partial charge in [0.05, 0.1) is 0 Å². The van der Waals surface area contributed by atoms with E-state index in [2.05, 4.69) is 40.7 Å². The molecule has 0 aliphatic heterocycles. The van der Waals surface area contributed by atoms with Crippen molar-refractivity contribution < 1.29 is 45.8 Å². The summed E-state index contributed by atoms with van der Waals surface area (Å²) in [7, 11) is 0. The second-order valence-corrected chi connectivity index (χ2v) is 0. The van der Waals surface area contributed by atoms with E-state index in [-0.39, 0.29) is 17.1 Å². The molecule has 0 aromatic heterocycles. The van der Waals surface area contributed by atoms with Crippen LogP contribution >= 0.6 is 0 Å². The third-order valence-electron chi connectivity index (χ3n) is 0. The van der Waals surface area contributed by atoms with E-state index in [1.807, 2.05) is 0 Å². The molecule has 0 atom stereocenters. The van der Waals surface area contributed by atoms with E-state index in [1.165, 1.54) is 0 Å². The van der Waals surface area contributed by atoms with Crippen LogP contribution in [0.4, 0.5) is 0 Å². The first-order chi connectivity index (χ1) is 6.00. The SMILES string of the molecule is [C]=O.[C]=O.[C]=O.[C]=O.[C]=O.[C]=O.[Fe]. The van der Waals surface area contributed by atoms with Crippen molar-refractivity contribution in [1.29, 1.82) is 0 Å². The quantitative estimate of drug-likeness (QED) is 0.425. The van der Waals surface area contributed by atoms with Crippen molar-refractivity contribution >= 4 is 40.7 Å². The fourth-order valence-corrected chi connectivity index (χ4v) is 0. The van der Waals surface area contributed by atoms with Gasteiger partial charge in [-0.05, 0) is 0 Å². The zero-order valence-electron chi connectivity index (χ0n) is 5.80. The third-order valence-corrected chi connectivity index (χ3v) is 0. The van der Waals surface area contributed by atoms with Crippen molar-refractivity contribution in [1.82, 2.24) is 0 Å². The Hall–Kier alpha value is -1.46. The van der Waals surface area contributed by atoms with Crippen LogP contribution < -0.4 is 0 Å². The van der Waals surface area contributed by atoms with Crippen molar-refractivity contribution in [3.8, 4) is 0 Å². The van der Waals surface area contributed by atoms with E-state index in [4.69, 9.17) is 28.8 Å². The molecule has 0 aliphatic rings. The molecule has 0 spiro atoms. The van der Waals surface area contributed by atoms with Gasteiger partial charge < -0.3 is 0 Å². The van der Waals surface area contributed by atoms with Gasteiger partial charge in [-0.1, -0.05) is 0 Å². The molecule has 0 unspecified atom stereocenters. The van der Waals surface area contributed by atoms with Gasteiger partial charge in [0, 0.05) is 17.1 Å². The largest absolute Gasteiger partial charge is 0.281 e. The minimum absolute atomic E-state index is 0. The van der Waals surface area contributed by atoms with Crippen LogP contribution in [-0.2, 0) is 45.8 Å². The van der Waals surface area contributed by atoms with Crippen LogP contribution in [0.5, 0.6) is 0 Å². The Bertz CT molecular complexity index is 32.6. The molecule has 7 heteroatoms. The van der Waals surface area contributed by atoms with Gasteiger partial charge in [-0.25, -0.2) is 0 Å². The molecule has 6 nitrogen and oxygen atoms in total. The molecular weight excluding hydrogens is 224 g/mol.